The minimum absolute atomic E-state index is 0.0634. The number of hydrogen-bond donors (Lipinski definition) is 0. The molecule has 0 saturated heterocycles. The van der Waals surface area contributed by atoms with Crippen molar-refractivity contribution in [3.8, 4) is 0 Å². The molecule has 2 fully saturated rings. The summed E-state index contributed by atoms with van der Waals surface area (Å²) in [4.78, 5) is 0. The molecule has 0 heterocycles. The van der Waals surface area contributed by atoms with E-state index in [1.54, 1.807) is 0 Å². The molecule has 0 radical (unpaired) electrons. The largest absolute Gasteiger partial charge is 0.207 e. The van der Waals surface area contributed by atoms with E-state index < -0.39 is 31.2 Å². The SMILES string of the molecule is Fc1ccc(F)c(P(CC23CCC(CC2)C3)c2cc(F)ccc2F)c1. The van der Waals surface area contributed by atoms with Gasteiger partial charge in [-0.05, 0) is 93.9 Å². The van der Waals surface area contributed by atoms with Gasteiger partial charge in [-0.15, -0.1) is 0 Å². The van der Waals surface area contributed by atoms with Gasteiger partial charge >= 0.3 is 0 Å². The zero-order valence-electron chi connectivity index (χ0n) is 13.7. The van der Waals surface area contributed by atoms with Crippen LogP contribution in [0.4, 0.5) is 17.6 Å². The highest BCUT2D eigenvalue weighted by molar-refractivity contribution is 7.73. The van der Waals surface area contributed by atoms with Crippen molar-refractivity contribution in [2.24, 2.45) is 11.3 Å². The molecule has 2 bridgehead atoms. The Balaban J connectivity index is 1.80. The fourth-order valence-electron chi connectivity index (χ4n) is 4.55. The molecule has 0 aromatic heterocycles. The van der Waals surface area contributed by atoms with Crippen LogP contribution in [0.25, 0.3) is 0 Å². The first-order valence-corrected chi connectivity index (χ1v) is 10.2. The fraction of sp³-hybridized carbons (Fsp3) is 0.400. The Labute approximate surface area is 146 Å². The van der Waals surface area contributed by atoms with Crippen molar-refractivity contribution in [2.75, 3.05) is 6.16 Å². The molecule has 4 rings (SSSR count). The Bertz CT molecular complexity index is 745. The molecule has 132 valence electrons. The Hall–Kier alpha value is -1.41. The summed E-state index contributed by atoms with van der Waals surface area (Å²) in [5.74, 6) is -1.48. The molecule has 2 aliphatic carbocycles. The lowest BCUT2D eigenvalue weighted by Crippen LogP contribution is -2.28. The average Bonchev–Trinajstić information content (AvgIpc) is 3.18. The smallest absolute Gasteiger partial charge is 0.131 e. The molecule has 2 aromatic rings. The summed E-state index contributed by atoms with van der Waals surface area (Å²) in [6.07, 6.45) is 6.06. The van der Waals surface area contributed by atoms with Crippen LogP contribution in [0.2, 0.25) is 0 Å². The van der Waals surface area contributed by atoms with Gasteiger partial charge in [0, 0.05) is 10.6 Å². The third kappa shape index (κ3) is 3.21. The van der Waals surface area contributed by atoms with E-state index in [1.807, 2.05) is 0 Å². The van der Waals surface area contributed by atoms with E-state index in [0.29, 0.717) is 12.1 Å². The predicted octanol–water partition coefficient (Wildman–Crippen LogP) is 5.26. The summed E-state index contributed by atoms with van der Waals surface area (Å²) in [5, 5.41) is 0.369. The van der Waals surface area contributed by atoms with Gasteiger partial charge in [0.1, 0.15) is 23.3 Å². The molecule has 2 aromatic carbocycles. The highest BCUT2D eigenvalue weighted by Crippen LogP contribution is 2.59. The van der Waals surface area contributed by atoms with E-state index in [0.717, 1.165) is 68.5 Å². The van der Waals surface area contributed by atoms with E-state index in [4.69, 9.17) is 0 Å². The highest BCUT2D eigenvalue weighted by atomic mass is 31.1. The molecule has 0 amide bonds. The van der Waals surface area contributed by atoms with E-state index in [2.05, 4.69) is 0 Å². The molecule has 0 N–H and O–H groups in total. The van der Waals surface area contributed by atoms with Crippen molar-refractivity contribution in [1.82, 2.24) is 0 Å². The lowest BCUT2D eigenvalue weighted by atomic mass is 9.86. The van der Waals surface area contributed by atoms with Gasteiger partial charge in [-0.1, -0.05) is 0 Å². The summed E-state index contributed by atoms with van der Waals surface area (Å²) in [6, 6.07) is 6.61. The zero-order chi connectivity index (χ0) is 17.6. The van der Waals surface area contributed by atoms with Crippen LogP contribution < -0.4 is 10.6 Å². The summed E-state index contributed by atoms with van der Waals surface area (Å²) in [6.45, 7) is 0. The van der Waals surface area contributed by atoms with Gasteiger partial charge in [-0.25, -0.2) is 17.6 Å². The van der Waals surface area contributed by atoms with Crippen molar-refractivity contribution in [3.05, 3.63) is 59.7 Å². The van der Waals surface area contributed by atoms with Crippen LogP contribution in [0.15, 0.2) is 36.4 Å². The van der Waals surface area contributed by atoms with Gasteiger partial charge in [0.25, 0.3) is 0 Å². The van der Waals surface area contributed by atoms with Crippen LogP contribution in [-0.4, -0.2) is 6.16 Å². The van der Waals surface area contributed by atoms with Crippen LogP contribution in [0.5, 0.6) is 0 Å². The second-order valence-corrected chi connectivity index (χ2v) is 9.56. The summed E-state index contributed by atoms with van der Waals surface area (Å²) >= 11 is 0. The van der Waals surface area contributed by atoms with Gasteiger partial charge < -0.3 is 0 Å². The van der Waals surface area contributed by atoms with E-state index in [1.165, 1.54) is 0 Å². The van der Waals surface area contributed by atoms with E-state index in [9.17, 15) is 17.6 Å². The Morgan fingerprint density at radius 3 is 1.80 bits per heavy atom. The number of rotatable bonds is 4. The molecular weight excluding hydrogens is 347 g/mol. The van der Waals surface area contributed by atoms with Crippen LogP contribution in [-0.2, 0) is 0 Å². The summed E-state index contributed by atoms with van der Waals surface area (Å²) < 4.78 is 56.5. The van der Waals surface area contributed by atoms with Gasteiger partial charge in [-0.2, -0.15) is 0 Å². The molecule has 0 unspecified atom stereocenters. The predicted molar refractivity (Wildman–Crippen MR) is 92.8 cm³/mol. The van der Waals surface area contributed by atoms with Gasteiger partial charge in [-0.3, -0.25) is 0 Å². The Kier molecular flexibility index (Phi) is 4.35. The van der Waals surface area contributed by atoms with Crippen LogP contribution in [0.1, 0.15) is 32.1 Å². The molecule has 0 atom stereocenters. The van der Waals surface area contributed by atoms with E-state index >= 15 is 0 Å². The number of benzene rings is 2. The molecule has 0 nitrogen and oxygen atoms in total. The lowest BCUT2D eigenvalue weighted by molar-refractivity contribution is 0.339. The second-order valence-electron chi connectivity index (χ2n) is 7.43. The standard InChI is InChI=1S/C20H19F4P/c21-14-1-3-16(23)18(9-14)25(19-10-15(22)2-4-17(19)24)12-20-7-5-13(11-20)6-8-20/h1-4,9-10,13H,5-8,11-12H2. The molecule has 2 saturated carbocycles. The maximum Gasteiger partial charge on any atom is 0.131 e. The number of hydrogen-bond acceptors (Lipinski definition) is 0. The fourth-order valence-corrected chi connectivity index (χ4v) is 7.49. The highest BCUT2D eigenvalue weighted by Gasteiger charge is 2.46. The number of fused-ring (bicyclic) bond motifs is 2. The first kappa shape index (κ1) is 17.0. The molecule has 2 aliphatic rings. The third-order valence-electron chi connectivity index (χ3n) is 5.78. The average molecular weight is 366 g/mol. The van der Waals surface area contributed by atoms with Crippen molar-refractivity contribution in [3.63, 3.8) is 0 Å². The van der Waals surface area contributed by atoms with E-state index in [-0.39, 0.29) is 16.0 Å². The maximum absolute atomic E-state index is 14.5. The normalized spacial score (nSPS) is 25.1. The van der Waals surface area contributed by atoms with Crippen LogP contribution >= 0.6 is 7.92 Å². The minimum atomic E-state index is -1.49. The molecule has 0 spiro atoms. The van der Waals surface area contributed by atoms with Crippen molar-refractivity contribution >= 4 is 18.5 Å². The zero-order valence-corrected chi connectivity index (χ0v) is 14.6. The molecule has 5 heteroatoms. The van der Waals surface area contributed by atoms with Crippen molar-refractivity contribution in [1.29, 1.82) is 0 Å². The van der Waals surface area contributed by atoms with Gasteiger partial charge in [0.2, 0.25) is 0 Å². The first-order valence-electron chi connectivity index (χ1n) is 8.63. The summed E-state index contributed by atoms with van der Waals surface area (Å²) in [7, 11) is -1.49. The van der Waals surface area contributed by atoms with Crippen LogP contribution in [0, 0.1) is 34.6 Å². The number of halogens is 4. The first-order chi connectivity index (χ1) is 12.0. The molecule has 25 heavy (non-hydrogen) atoms. The Morgan fingerprint density at radius 2 is 1.36 bits per heavy atom. The summed E-state index contributed by atoms with van der Waals surface area (Å²) in [5.41, 5.74) is 0.0634. The minimum Gasteiger partial charge on any atom is -0.207 e. The molecular formula is C20H19F4P. The lowest BCUT2D eigenvalue weighted by Gasteiger charge is -2.32. The third-order valence-corrected chi connectivity index (χ3v) is 8.61. The quantitative estimate of drug-likeness (QED) is 0.512. The second kappa shape index (κ2) is 6.39. The maximum atomic E-state index is 14.5. The van der Waals surface area contributed by atoms with Crippen molar-refractivity contribution < 1.29 is 17.6 Å². The van der Waals surface area contributed by atoms with Crippen LogP contribution in [0.3, 0.4) is 0 Å². The van der Waals surface area contributed by atoms with Gasteiger partial charge in [0.05, 0.1) is 0 Å². The monoisotopic (exact) mass is 366 g/mol. The van der Waals surface area contributed by atoms with Gasteiger partial charge in [0.15, 0.2) is 0 Å². The Morgan fingerprint density at radius 1 is 0.840 bits per heavy atom. The molecule has 0 aliphatic heterocycles. The van der Waals surface area contributed by atoms with Crippen molar-refractivity contribution in [2.45, 2.75) is 32.1 Å². The topological polar surface area (TPSA) is 0 Å².